The highest BCUT2D eigenvalue weighted by atomic mass is 16.6. The van der Waals surface area contributed by atoms with Gasteiger partial charge in [0.25, 0.3) is 0 Å². The molecule has 0 aromatic carbocycles. The molecule has 34 heavy (non-hydrogen) atoms. The van der Waals surface area contributed by atoms with E-state index in [4.69, 9.17) is 14.2 Å². The number of esters is 3. The van der Waals surface area contributed by atoms with Crippen molar-refractivity contribution in [3.05, 3.63) is 23.3 Å². The molecular formula is C26H36O8. The molecule has 0 saturated heterocycles. The lowest BCUT2D eigenvalue weighted by Gasteiger charge is -2.57. The summed E-state index contributed by atoms with van der Waals surface area (Å²) in [4.78, 5) is 49.8. The maximum absolute atomic E-state index is 13.8. The average Bonchev–Trinajstić information content (AvgIpc) is 2.62. The zero-order valence-corrected chi connectivity index (χ0v) is 21.1. The van der Waals surface area contributed by atoms with Crippen molar-refractivity contribution in [2.24, 2.45) is 22.7 Å². The van der Waals surface area contributed by atoms with E-state index in [2.05, 4.69) is 6.58 Å². The summed E-state index contributed by atoms with van der Waals surface area (Å²) in [5, 5.41) is 11.0. The minimum absolute atomic E-state index is 0.0479. The summed E-state index contributed by atoms with van der Waals surface area (Å²) in [6, 6.07) is 0. The summed E-state index contributed by atoms with van der Waals surface area (Å²) in [5.41, 5.74) is 0.224. The van der Waals surface area contributed by atoms with Crippen LogP contribution in [0.1, 0.15) is 67.7 Å². The van der Waals surface area contributed by atoms with Crippen LogP contribution in [0.25, 0.3) is 0 Å². The number of allylic oxidation sites excluding steroid dienone is 1. The summed E-state index contributed by atoms with van der Waals surface area (Å²) < 4.78 is 17.1. The molecule has 0 aromatic rings. The Morgan fingerprint density at radius 3 is 2.03 bits per heavy atom. The lowest BCUT2D eigenvalue weighted by atomic mass is 9.50. The maximum Gasteiger partial charge on any atom is 0.303 e. The Hall–Kier alpha value is -2.48. The van der Waals surface area contributed by atoms with Crippen LogP contribution in [0, 0.1) is 22.7 Å². The summed E-state index contributed by atoms with van der Waals surface area (Å²) in [7, 11) is 0. The number of aliphatic hydroxyl groups is 1. The largest absolute Gasteiger partial charge is 0.462 e. The molecule has 2 fully saturated rings. The van der Waals surface area contributed by atoms with E-state index in [1.165, 1.54) is 20.8 Å². The summed E-state index contributed by atoms with van der Waals surface area (Å²) >= 11 is 0. The zero-order chi connectivity index (χ0) is 25.7. The van der Waals surface area contributed by atoms with Gasteiger partial charge in [0.2, 0.25) is 0 Å². The molecule has 3 aliphatic rings. The monoisotopic (exact) mass is 476 g/mol. The first kappa shape index (κ1) is 26.1. The lowest BCUT2D eigenvalue weighted by molar-refractivity contribution is -0.185. The van der Waals surface area contributed by atoms with Gasteiger partial charge in [-0.1, -0.05) is 32.9 Å². The van der Waals surface area contributed by atoms with Gasteiger partial charge in [0.05, 0.1) is 0 Å². The number of hydrogen-bond acceptors (Lipinski definition) is 8. The molecule has 188 valence electrons. The third kappa shape index (κ3) is 4.44. The van der Waals surface area contributed by atoms with Gasteiger partial charge in [-0.15, -0.1) is 0 Å². The minimum Gasteiger partial charge on any atom is -0.462 e. The van der Waals surface area contributed by atoms with E-state index < -0.39 is 65.0 Å². The number of aliphatic hydroxyl groups excluding tert-OH is 1. The van der Waals surface area contributed by atoms with Crippen molar-refractivity contribution < 1.29 is 38.5 Å². The molecule has 2 saturated carbocycles. The van der Waals surface area contributed by atoms with Crippen molar-refractivity contribution in [1.29, 1.82) is 0 Å². The molecule has 0 spiro atoms. The van der Waals surface area contributed by atoms with Gasteiger partial charge in [0.15, 0.2) is 5.78 Å². The molecule has 0 aliphatic heterocycles. The smallest absolute Gasteiger partial charge is 0.303 e. The molecule has 1 N–H and O–H groups in total. The van der Waals surface area contributed by atoms with Crippen molar-refractivity contribution in [3.8, 4) is 0 Å². The molecule has 0 heterocycles. The van der Waals surface area contributed by atoms with Gasteiger partial charge >= 0.3 is 17.9 Å². The number of carbonyl (C=O) groups excluding carboxylic acids is 4. The van der Waals surface area contributed by atoms with Gasteiger partial charge in [0, 0.05) is 56.4 Å². The molecule has 0 unspecified atom stereocenters. The Labute approximate surface area is 200 Å². The van der Waals surface area contributed by atoms with E-state index in [-0.39, 0.29) is 18.6 Å². The molecule has 3 aliphatic carbocycles. The molecule has 7 atom stereocenters. The number of ether oxygens (including phenoxy) is 3. The van der Waals surface area contributed by atoms with Gasteiger partial charge in [-0.25, -0.2) is 0 Å². The molecular weight excluding hydrogens is 440 g/mol. The molecule has 2 bridgehead atoms. The molecule has 0 aromatic heterocycles. The summed E-state index contributed by atoms with van der Waals surface area (Å²) in [6.07, 6.45) is -2.86. The van der Waals surface area contributed by atoms with E-state index in [1.807, 2.05) is 27.7 Å². The highest BCUT2D eigenvalue weighted by Gasteiger charge is 2.62. The van der Waals surface area contributed by atoms with E-state index in [1.54, 1.807) is 0 Å². The van der Waals surface area contributed by atoms with Gasteiger partial charge in [0.1, 0.15) is 24.4 Å². The van der Waals surface area contributed by atoms with Crippen molar-refractivity contribution in [2.75, 3.05) is 0 Å². The van der Waals surface area contributed by atoms with E-state index in [9.17, 15) is 24.3 Å². The van der Waals surface area contributed by atoms with Crippen LogP contribution in [0.15, 0.2) is 23.3 Å². The quantitative estimate of drug-likeness (QED) is 0.375. The second-order valence-electron chi connectivity index (χ2n) is 10.9. The summed E-state index contributed by atoms with van der Waals surface area (Å²) in [6.45, 7) is 15.6. The fraction of sp³-hybridized carbons (Fsp3) is 0.692. The molecule has 8 nitrogen and oxygen atoms in total. The van der Waals surface area contributed by atoms with Gasteiger partial charge in [-0.05, 0) is 24.3 Å². The highest BCUT2D eigenvalue weighted by molar-refractivity contribution is 5.98. The number of fused-ring (bicyclic) bond motifs is 3. The number of carbonyl (C=O) groups is 4. The maximum atomic E-state index is 13.8. The van der Waals surface area contributed by atoms with E-state index in [0.29, 0.717) is 17.6 Å². The first-order valence-corrected chi connectivity index (χ1v) is 11.7. The number of rotatable bonds is 3. The van der Waals surface area contributed by atoms with Crippen LogP contribution in [-0.2, 0) is 33.4 Å². The predicted molar refractivity (Wildman–Crippen MR) is 122 cm³/mol. The first-order valence-electron chi connectivity index (χ1n) is 11.7. The van der Waals surface area contributed by atoms with E-state index in [0.717, 1.165) is 5.57 Å². The van der Waals surface area contributed by atoms with Gasteiger partial charge in [-0.2, -0.15) is 0 Å². The second kappa shape index (κ2) is 8.95. The minimum atomic E-state index is -1.19. The van der Waals surface area contributed by atoms with Crippen LogP contribution in [0.3, 0.4) is 0 Å². The first-order chi connectivity index (χ1) is 15.6. The van der Waals surface area contributed by atoms with Crippen molar-refractivity contribution in [1.82, 2.24) is 0 Å². The Bertz CT molecular complexity index is 960. The van der Waals surface area contributed by atoms with Gasteiger partial charge < -0.3 is 19.3 Å². The number of Topliss-reactive ketones (excluding diaryl/α,β-unsaturated/α-hetero) is 1. The van der Waals surface area contributed by atoms with Crippen molar-refractivity contribution >= 4 is 23.7 Å². The Balaban J connectivity index is 2.25. The van der Waals surface area contributed by atoms with Crippen LogP contribution in [0.2, 0.25) is 0 Å². The van der Waals surface area contributed by atoms with Gasteiger partial charge in [-0.3, -0.25) is 19.2 Å². The topological polar surface area (TPSA) is 116 Å². The van der Waals surface area contributed by atoms with Crippen molar-refractivity contribution in [2.45, 2.75) is 92.1 Å². The standard InChI is InChI=1S/C26H36O8/c1-12-9-18(32-14(3)27)22-24(34-16(5)29)21-13(2)23(31)19(33-15(4)28)11-26(21,8)10-17(30)20(12)25(22,6)7/h18-19,21-24,31H,2,9-11H2,1,3-8H3/t18-,19-,21-,22-,23+,24-,26+/m0/s1. The SMILES string of the molecule is C=C1[C@@H](O)[C@@H](OC(C)=O)C[C@@]2(C)CC(=O)C3=C(C)C[C@H](OC(C)=O)[C@@H]([C@@H](OC(C)=O)[C@H]12)C3(C)C. The van der Waals surface area contributed by atoms with Crippen LogP contribution < -0.4 is 0 Å². The van der Waals surface area contributed by atoms with Crippen LogP contribution in [-0.4, -0.2) is 53.2 Å². The van der Waals surface area contributed by atoms with E-state index >= 15 is 0 Å². The van der Waals surface area contributed by atoms with Crippen LogP contribution in [0.5, 0.6) is 0 Å². The Morgan fingerprint density at radius 1 is 0.971 bits per heavy atom. The normalized spacial score (nSPS) is 37.2. The van der Waals surface area contributed by atoms with Crippen molar-refractivity contribution in [3.63, 3.8) is 0 Å². The Morgan fingerprint density at radius 2 is 1.50 bits per heavy atom. The molecule has 0 amide bonds. The molecule has 0 radical (unpaired) electrons. The van der Waals surface area contributed by atoms with Crippen LogP contribution in [0.4, 0.5) is 0 Å². The summed E-state index contributed by atoms with van der Waals surface area (Å²) in [5.74, 6) is -2.75. The predicted octanol–water partition coefficient (Wildman–Crippen LogP) is 3.06. The fourth-order valence-electron chi connectivity index (χ4n) is 6.93. The third-order valence-corrected chi connectivity index (χ3v) is 7.82. The van der Waals surface area contributed by atoms with Crippen LogP contribution >= 0.6 is 0 Å². The zero-order valence-electron chi connectivity index (χ0n) is 21.1. The number of ketones is 1. The highest BCUT2D eigenvalue weighted by Crippen LogP contribution is 2.59. The second-order valence-corrected chi connectivity index (χ2v) is 10.9. The average molecular weight is 477 g/mol. The third-order valence-electron chi connectivity index (χ3n) is 7.82. The molecule has 8 heteroatoms. The lowest BCUT2D eigenvalue weighted by Crippen LogP contribution is -2.61. The fourth-order valence-corrected chi connectivity index (χ4v) is 6.93. The number of hydrogen-bond donors (Lipinski definition) is 1. The Kier molecular flexibility index (Phi) is 6.88. The molecule has 3 rings (SSSR count).